The first kappa shape index (κ1) is 14.9. The topological polar surface area (TPSA) is 43.4 Å². The fraction of sp³-hybridized carbons (Fsp3) is 0.692. The van der Waals surface area contributed by atoms with E-state index in [1.165, 1.54) is 0 Å². The second kappa shape index (κ2) is 9.13. The van der Waals surface area contributed by atoms with Crippen molar-refractivity contribution in [3.8, 4) is 0 Å². The van der Waals surface area contributed by atoms with Crippen molar-refractivity contribution in [3.05, 3.63) is 12.7 Å². The van der Waals surface area contributed by atoms with Gasteiger partial charge in [0.1, 0.15) is 0 Å². The second-order valence-corrected chi connectivity index (χ2v) is 3.81. The van der Waals surface area contributed by atoms with E-state index < -0.39 is 6.10 Å². The number of rotatable bonds is 9. The molecule has 1 atom stereocenters. The lowest BCUT2D eigenvalue weighted by molar-refractivity contribution is -0.155. The summed E-state index contributed by atoms with van der Waals surface area (Å²) in [7, 11) is 0. The largest absolute Gasteiger partial charge is 0.454 e. The Kier molecular flexibility index (Phi) is 8.49. The molecule has 0 amide bonds. The Hall–Kier alpha value is -1.12. The van der Waals surface area contributed by atoms with E-state index in [1.54, 1.807) is 6.08 Å². The summed E-state index contributed by atoms with van der Waals surface area (Å²) in [5, 5.41) is 0. The summed E-state index contributed by atoms with van der Waals surface area (Å²) in [6.45, 7) is 7.46. The van der Waals surface area contributed by atoms with Crippen molar-refractivity contribution in [3.63, 3.8) is 0 Å². The van der Waals surface area contributed by atoms with Crippen molar-refractivity contribution in [1.29, 1.82) is 0 Å². The van der Waals surface area contributed by atoms with Gasteiger partial charge in [-0.3, -0.25) is 9.59 Å². The Labute approximate surface area is 97.9 Å². The third kappa shape index (κ3) is 6.38. The van der Waals surface area contributed by atoms with E-state index in [4.69, 9.17) is 4.74 Å². The predicted molar refractivity (Wildman–Crippen MR) is 64.1 cm³/mol. The number of Topliss-reactive ketones (excluding diaryl/α,β-unsaturated/α-hetero) is 1. The monoisotopic (exact) mass is 226 g/mol. The number of carbonyl (C=O) groups excluding carboxylic acids is 2. The van der Waals surface area contributed by atoms with Gasteiger partial charge in [0.05, 0.1) is 0 Å². The van der Waals surface area contributed by atoms with Crippen LogP contribution in [-0.2, 0) is 14.3 Å². The van der Waals surface area contributed by atoms with Crippen molar-refractivity contribution in [1.82, 2.24) is 0 Å². The van der Waals surface area contributed by atoms with Crippen molar-refractivity contribution < 1.29 is 14.3 Å². The molecule has 1 unspecified atom stereocenters. The first-order valence-corrected chi connectivity index (χ1v) is 5.98. The van der Waals surface area contributed by atoms with Crippen LogP contribution >= 0.6 is 0 Å². The average Bonchev–Trinajstić information content (AvgIpc) is 2.26. The number of ether oxygens (including phenoxy) is 1. The standard InChI is InChI=1S/C13H22O3/c1-4-7-10-13(15)16-12(9-6-3)11(14)8-5-2/h4,12H,1,5-10H2,2-3H3. The molecule has 0 bridgehead atoms. The van der Waals surface area contributed by atoms with Crippen LogP contribution in [0.1, 0.15) is 52.4 Å². The maximum Gasteiger partial charge on any atom is 0.306 e. The maximum atomic E-state index is 11.6. The summed E-state index contributed by atoms with van der Waals surface area (Å²) >= 11 is 0. The summed E-state index contributed by atoms with van der Waals surface area (Å²) < 4.78 is 5.17. The van der Waals surface area contributed by atoms with E-state index in [2.05, 4.69) is 6.58 Å². The third-order valence-corrected chi connectivity index (χ3v) is 2.23. The van der Waals surface area contributed by atoms with Gasteiger partial charge in [0, 0.05) is 12.8 Å². The van der Waals surface area contributed by atoms with Crippen LogP contribution in [0.3, 0.4) is 0 Å². The average molecular weight is 226 g/mol. The van der Waals surface area contributed by atoms with E-state index in [9.17, 15) is 9.59 Å². The molecule has 0 saturated heterocycles. The quantitative estimate of drug-likeness (QED) is 0.448. The number of hydrogen-bond acceptors (Lipinski definition) is 3. The fourth-order valence-corrected chi connectivity index (χ4v) is 1.39. The van der Waals surface area contributed by atoms with Crippen molar-refractivity contribution >= 4 is 11.8 Å². The zero-order chi connectivity index (χ0) is 12.4. The molecule has 0 N–H and O–H groups in total. The molecule has 0 spiro atoms. The number of ketones is 1. The molecule has 0 aromatic heterocycles. The van der Waals surface area contributed by atoms with E-state index in [0.29, 0.717) is 25.7 Å². The maximum absolute atomic E-state index is 11.6. The number of allylic oxidation sites excluding steroid dienone is 1. The molecule has 0 aliphatic carbocycles. The first-order valence-electron chi connectivity index (χ1n) is 5.98. The van der Waals surface area contributed by atoms with Gasteiger partial charge >= 0.3 is 5.97 Å². The molecule has 3 heteroatoms. The molecule has 0 aromatic rings. The van der Waals surface area contributed by atoms with Crippen LogP contribution in [-0.4, -0.2) is 17.9 Å². The Morgan fingerprint density at radius 1 is 1.25 bits per heavy atom. The lowest BCUT2D eigenvalue weighted by atomic mass is 10.1. The third-order valence-electron chi connectivity index (χ3n) is 2.23. The van der Waals surface area contributed by atoms with Crippen LogP contribution in [0.15, 0.2) is 12.7 Å². The van der Waals surface area contributed by atoms with Crippen molar-refractivity contribution in [2.24, 2.45) is 0 Å². The van der Waals surface area contributed by atoms with Crippen molar-refractivity contribution in [2.45, 2.75) is 58.5 Å². The van der Waals surface area contributed by atoms with Crippen LogP contribution in [0.5, 0.6) is 0 Å². The highest BCUT2D eigenvalue weighted by atomic mass is 16.5. The zero-order valence-corrected chi connectivity index (χ0v) is 10.3. The fourth-order valence-electron chi connectivity index (χ4n) is 1.39. The van der Waals surface area contributed by atoms with Gasteiger partial charge in [0.15, 0.2) is 11.9 Å². The van der Waals surface area contributed by atoms with Gasteiger partial charge in [0.2, 0.25) is 0 Å². The molecule has 16 heavy (non-hydrogen) atoms. The highest BCUT2D eigenvalue weighted by Gasteiger charge is 2.20. The molecule has 92 valence electrons. The molecule has 0 aromatic carbocycles. The Balaban J connectivity index is 4.15. The van der Waals surface area contributed by atoms with E-state index in [0.717, 1.165) is 12.8 Å². The summed E-state index contributed by atoms with van der Waals surface area (Å²) in [5.74, 6) is -0.265. The van der Waals surface area contributed by atoms with Gasteiger partial charge in [-0.15, -0.1) is 6.58 Å². The van der Waals surface area contributed by atoms with E-state index in [1.807, 2.05) is 13.8 Å². The summed E-state index contributed by atoms with van der Waals surface area (Å²) in [6.07, 6.45) is 4.78. The molecule has 0 radical (unpaired) electrons. The minimum absolute atomic E-state index is 0.0382. The molecular weight excluding hydrogens is 204 g/mol. The van der Waals surface area contributed by atoms with Crippen LogP contribution in [0.2, 0.25) is 0 Å². The second-order valence-electron chi connectivity index (χ2n) is 3.81. The van der Waals surface area contributed by atoms with Gasteiger partial charge in [-0.05, 0) is 19.3 Å². The minimum Gasteiger partial charge on any atom is -0.454 e. The number of carbonyl (C=O) groups is 2. The molecule has 3 nitrogen and oxygen atoms in total. The smallest absolute Gasteiger partial charge is 0.306 e. The van der Waals surface area contributed by atoms with Gasteiger partial charge < -0.3 is 4.74 Å². The first-order chi connectivity index (χ1) is 7.65. The van der Waals surface area contributed by atoms with E-state index >= 15 is 0 Å². The Bertz CT molecular complexity index is 233. The lowest BCUT2D eigenvalue weighted by Crippen LogP contribution is -2.27. The molecule has 0 rings (SSSR count). The Morgan fingerprint density at radius 2 is 1.94 bits per heavy atom. The van der Waals surface area contributed by atoms with Gasteiger partial charge in [-0.2, -0.15) is 0 Å². The van der Waals surface area contributed by atoms with Crippen LogP contribution in [0, 0.1) is 0 Å². The van der Waals surface area contributed by atoms with Crippen molar-refractivity contribution in [2.75, 3.05) is 0 Å². The normalized spacial score (nSPS) is 11.9. The molecule has 0 saturated carbocycles. The van der Waals surface area contributed by atoms with Crippen LogP contribution < -0.4 is 0 Å². The molecule has 0 heterocycles. The summed E-state index contributed by atoms with van der Waals surface area (Å²) in [5.41, 5.74) is 0. The van der Waals surface area contributed by atoms with Crippen LogP contribution in [0.4, 0.5) is 0 Å². The predicted octanol–water partition coefficient (Wildman–Crippen LogP) is 3.03. The highest BCUT2D eigenvalue weighted by molar-refractivity contribution is 5.85. The number of esters is 1. The molecule has 0 aliphatic rings. The van der Waals surface area contributed by atoms with Crippen LogP contribution in [0.25, 0.3) is 0 Å². The molecular formula is C13H22O3. The van der Waals surface area contributed by atoms with E-state index in [-0.39, 0.29) is 11.8 Å². The number of hydrogen-bond donors (Lipinski definition) is 0. The SMILES string of the molecule is C=CCCC(=O)OC(CCC)C(=O)CCC. The molecule has 0 aliphatic heterocycles. The van der Waals surface area contributed by atoms with Gasteiger partial charge in [-0.25, -0.2) is 0 Å². The van der Waals surface area contributed by atoms with Gasteiger partial charge in [0.25, 0.3) is 0 Å². The molecule has 0 fully saturated rings. The Morgan fingerprint density at radius 3 is 2.44 bits per heavy atom. The minimum atomic E-state index is -0.540. The summed E-state index contributed by atoms with van der Waals surface area (Å²) in [6, 6.07) is 0. The van der Waals surface area contributed by atoms with Gasteiger partial charge in [-0.1, -0.05) is 26.3 Å². The zero-order valence-electron chi connectivity index (χ0n) is 10.3. The summed E-state index contributed by atoms with van der Waals surface area (Å²) in [4.78, 5) is 23.0. The highest BCUT2D eigenvalue weighted by Crippen LogP contribution is 2.09. The lowest BCUT2D eigenvalue weighted by Gasteiger charge is -2.15.